The van der Waals surface area contributed by atoms with E-state index in [1.165, 1.54) is 0 Å². The summed E-state index contributed by atoms with van der Waals surface area (Å²) in [7, 11) is 0. The minimum Gasteiger partial charge on any atom is -0.449 e. The van der Waals surface area contributed by atoms with Crippen LogP contribution in [0.25, 0.3) is 0 Å². The van der Waals surface area contributed by atoms with E-state index in [1.807, 2.05) is 0 Å². The van der Waals surface area contributed by atoms with Gasteiger partial charge in [-0.25, -0.2) is 4.79 Å². The second-order valence-corrected chi connectivity index (χ2v) is 5.04. The van der Waals surface area contributed by atoms with E-state index >= 15 is 0 Å². The van der Waals surface area contributed by atoms with E-state index in [-0.39, 0.29) is 5.57 Å². The largest absolute Gasteiger partial charge is 0.449 e. The Labute approximate surface area is 111 Å². The van der Waals surface area contributed by atoms with E-state index in [4.69, 9.17) is 0 Å². The molecule has 2 unspecified atom stereocenters. The van der Waals surface area contributed by atoms with Crippen LogP contribution >= 0.6 is 0 Å². The zero-order valence-corrected chi connectivity index (χ0v) is 10.8. The van der Waals surface area contributed by atoms with Crippen molar-refractivity contribution in [3.8, 4) is 0 Å². The molecule has 0 aromatic rings. The number of hydrogen-bond donors (Lipinski definition) is 1. The Morgan fingerprint density at radius 2 is 1.80 bits per heavy atom. The summed E-state index contributed by atoms with van der Waals surface area (Å²) in [5.74, 6) is -10.9. The molecule has 0 saturated carbocycles. The van der Waals surface area contributed by atoms with Crippen molar-refractivity contribution in [2.24, 2.45) is 0 Å². The summed E-state index contributed by atoms with van der Waals surface area (Å²) in [5.41, 5.74) is -2.53. The van der Waals surface area contributed by atoms with Crippen molar-refractivity contribution < 1.29 is 41.3 Å². The number of rotatable bonds is 2. The molecule has 1 N–H and O–H groups in total. The molecule has 0 radical (unpaired) electrons. The smallest absolute Gasteiger partial charge is 0.449 e. The van der Waals surface area contributed by atoms with Crippen LogP contribution in [0, 0.1) is 0 Å². The molecule has 0 aromatic heterocycles. The molecular formula is C11H13F5O4. The first-order valence-electron chi connectivity index (χ1n) is 5.40. The molecular weight excluding hydrogens is 291 g/mol. The maximum Gasteiger partial charge on any atom is 0.449 e. The van der Waals surface area contributed by atoms with Gasteiger partial charge in [-0.1, -0.05) is 6.58 Å². The summed E-state index contributed by atoms with van der Waals surface area (Å²) in [4.78, 5) is 11.3. The molecule has 1 fully saturated rings. The molecule has 0 spiro atoms. The van der Waals surface area contributed by atoms with E-state index < -0.39 is 35.6 Å². The maximum atomic E-state index is 13.9. The normalized spacial score (nSPS) is 31.9. The summed E-state index contributed by atoms with van der Waals surface area (Å²) in [6, 6.07) is 0. The van der Waals surface area contributed by atoms with Gasteiger partial charge in [0, 0.05) is 5.57 Å². The molecule has 4 nitrogen and oxygen atoms in total. The minimum atomic E-state index is -5.77. The molecule has 2 atom stereocenters. The Bertz CT molecular complexity index is 443. The number of halogens is 5. The van der Waals surface area contributed by atoms with Crippen LogP contribution in [0.3, 0.4) is 0 Å². The lowest BCUT2D eigenvalue weighted by Crippen LogP contribution is -2.59. The number of hydrogen-bond acceptors (Lipinski definition) is 4. The van der Waals surface area contributed by atoms with Crippen LogP contribution in [0.1, 0.15) is 20.8 Å². The quantitative estimate of drug-likeness (QED) is 0.482. The van der Waals surface area contributed by atoms with Gasteiger partial charge in [0.05, 0.1) is 0 Å². The average Bonchev–Trinajstić information content (AvgIpc) is 2.34. The van der Waals surface area contributed by atoms with Crippen LogP contribution in [0.4, 0.5) is 22.0 Å². The van der Waals surface area contributed by atoms with Gasteiger partial charge in [-0.3, -0.25) is 0 Å². The number of carbonyl (C=O) groups excluding carboxylic acids is 1. The van der Waals surface area contributed by atoms with Crippen LogP contribution in [0.2, 0.25) is 0 Å². The highest BCUT2D eigenvalue weighted by Gasteiger charge is 2.83. The summed E-state index contributed by atoms with van der Waals surface area (Å²) < 4.78 is 74.1. The predicted molar refractivity (Wildman–Crippen MR) is 55.8 cm³/mol. The Hall–Kier alpha value is -1.22. The first-order valence-corrected chi connectivity index (χ1v) is 5.40. The lowest BCUT2D eigenvalue weighted by Gasteiger charge is -2.30. The zero-order valence-electron chi connectivity index (χ0n) is 10.8. The molecule has 1 aliphatic heterocycles. The van der Waals surface area contributed by atoms with Crippen LogP contribution in [-0.4, -0.2) is 40.7 Å². The first kappa shape index (κ1) is 16.8. The first-order chi connectivity index (χ1) is 8.67. The number of aliphatic hydroxyl groups is 1. The molecule has 1 saturated heterocycles. The van der Waals surface area contributed by atoms with Gasteiger partial charge in [-0.15, -0.1) is 0 Å². The van der Waals surface area contributed by atoms with Crippen molar-refractivity contribution in [2.45, 2.75) is 50.4 Å². The number of carbonyl (C=O) groups is 1. The molecule has 1 heterocycles. The van der Waals surface area contributed by atoms with Gasteiger partial charge in [0.15, 0.2) is 6.10 Å². The molecule has 1 rings (SSSR count). The van der Waals surface area contributed by atoms with Crippen molar-refractivity contribution in [1.29, 1.82) is 0 Å². The van der Waals surface area contributed by atoms with E-state index in [0.29, 0.717) is 0 Å². The minimum absolute atomic E-state index is 0.279. The number of ether oxygens (including phenoxy) is 2. The Balaban J connectivity index is 3.26. The second-order valence-electron chi connectivity index (χ2n) is 5.04. The van der Waals surface area contributed by atoms with Crippen LogP contribution in [-0.2, 0) is 14.3 Å². The monoisotopic (exact) mass is 304 g/mol. The van der Waals surface area contributed by atoms with E-state index in [1.54, 1.807) is 0 Å². The fourth-order valence-electron chi connectivity index (χ4n) is 1.79. The molecule has 0 aliphatic carbocycles. The highest BCUT2D eigenvalue weighted by atomic mass is 19.4. The third-order valence-electron chi connectivity index (χ3n) is 2.78. The van der Waals surface area contributed by atoms with Gasteiger partial charge in [-0.05, 0) is 20.8 Å². The Morgan fingerprint density at radius 1 is 1.35 bits per heavy atom. The number of alkyl halides is 5. The lowest BCUT2D eigenvalue weighted by atomic mass is 9.96. The Kier molecular flexibility index (Phi) is 3.69. The second kappa shape index (κ2) is 4.39. The summed E-state index contributed by atoms with van der Waals surface area (Å²) in [6.45, 7) is 5.97. The maximum absolute atomic E-state index is 13.9. The van der Waals surface area contributed by atoms with Crippen LogP contribution in [0.15, 0.2) is 12.2 Å². The van der Waals surface area contributed by atoms with Gasteiger partial charge in [-0.2, -0.15) is 22.0 Å². The van der Waals surface area contributed by atoms with Crippen LogP contribution in [0.5, 0.6) is 0 Å². The standard InChI is InChI=1S/C11H13F5O4/c1-5(2)6(17)19-7-8(3,4)20-10(18,9(7,12)13)11(14,15)16/h7,18H,1H2,2-4H3. The average molecular weight is 304 g/mol. The molecule has 0 bridgehead atoms. The molecule has 9 heteroatoms. The highest BCUT2D eigenvalue weighted by molar-refractivity contribution is 5.87. The molecule has 116 valence electrons. The predicted octanol–water partition coefficient (Wildman–Crippen LogP) is 2.17. The third kappa shape index (κ3) is 2.28. The summed E-state index contributed by atoms with van der Waals surface area (Å²) in [5, 5.41) is 9.20. The molecule has 0 amide bonds. The van der Waals surface area contributed by atoms with E-state index in [0.717, 1.165) is 20.8 Å². The fraction of sp³-hybridized carbons (Fsp3) is 0.727. The summed E-state index contributed by atoms with van der Waals surface area (Å²) in [6.07, 6.45) is -8.39. The molecule has 20 heavy (non-hydrogen) atoms. The zero-order chi connectivity index (χ0) is 16.1. The van der Waals surface area contributed by atoms with Gasteiger partial charge in [0.1, 0.15) is 5.60 Å². The summed E-state index contributed by atoms with van der Waals surface area (Å²) >= 11 is 0. The lowest BCUT2D eigenvalue weighted by molar-refractivity contribution is -0.413. The van der Waals surface area contributed by atoms with Gasteiger partial charge in [0.2, 0.25) is 0 Å². The van der Waals surface area contributed by atoms with Gasteiger partial charge >= 0.3 is 23.9 Å². The highest BCUT2D eigenvalue weighted by Crippen LogP contribution is 2.55. The fourth-order valence-corrected chi connectivity index (χ4v) is 1.79. The van der Waals surface area contributed by atoms with Crippen molar-refractivity contribution >= 4 is 5.97 Å². The van der Waals surface area contributed by atoms with Crippen molar-refractivity contribution in [3.63, 3.8) is 0 Å². The van der Waals surface area contributed by atoms with E-state index in [9.17, 15) is 31.9 Å². The third-order valence-corrected chi connectivity index (χ3v) is 2.78. The van der Waals surface area contributed by atoms with Crippen molar-refractivity contribution in [3.05, 3.63) is 12.2 Å². The van der Waals surface area contributed by atoms with E-state index in [2.05, 4.69) is 16.1 Å². The van der Waals surface area contributed by atoms with Gasteiger partial charge in [0.25, 0.3) is 0 Å². The van der Waals surface area contributed by atoms with Crippen LogP contribution < -0.4 is 0 Å². The van der Waals surface area contributed by atoms with Crippen molar-refractivity contribution in [2.75, 3.05) is 0 Å². The molecule has 1 aliphatic rings. The topological polar surface area (TPSA) is 55.8 Å². The van der Waals surface area contributed by atoms with Crippen molar-refractivity contribution in [1.82, 2.24) is 0 Å². The van der Waals surface area contributed by atoms with Gasteiger partial charge < -0.3 is 14.6 Å². The molecule has 0 aromatic carbocycles. The number of esters is 1. The Morgan fingerprint density at radius 3 is 2.10 bits per heavy atom. The SMILES string of the molecule is C=C(C)C(=O)OC1C(C)(C)OC(O)(C(F)(F)F)C1(F)F.